The van der Waals surface area contributed by atoms with Gasteiger partial charge < -0.3 is 10.4 Å². The third kappa shape index (κ3) is 4.29. The second-order valence-corrected chi connectivity index (χ2v) is 4.84. The molecule has 2 rings (SSSR count). The SMILES string of the molecule is O=C(CCc1ccncc1)Nc1cc(Cl)ccc1C(=O)O. The fraction of sp³-hybridized carbons (Fsp3) is 0.133. The number of halogens is 1. The molecule has 2 N–H and O–H groups in total. The van der Waals surface area contributed by atoms with Gasteiger partial charge in [0.05, 0.1) is 11.3 Å². The summed E-state index contributed by atoms with van der Waals surface area (Å²) in [7, 11) is 0. The minimum Gasteiger partial charge on any atom is -0.478 e. The Balaban J connectivity index is 2.02. The summed E-state index contributed by atoms with van der Waals surface area (Å²) >= 11 is 5.83. The molecule has 0 fully saturated rings. The number of nitrogens with one attached hydrogen (secondary N) is 1. The van der Waals surface area contributed by atoms with Crippen molar-refractivity contribution in [1.82, 2.24) is 4.98 Å². The van der Waals surface area contributed by atoms with E-state index in [4.69, 9.17) is 16.7 Å². The molecule has 0 aliphatic heterocycles. The van der Waals surface area contributed by atoms with Crippen LogP contribution in [0.4, 0.5) is 5.69 Å². The van der Waals surface area contributed by atoms with E-state index in [9.17, 15) is 9.59 Å². The zero-order chi connectivity index (χ0) is 15.2. The van der Waals surface area contributed by atoms with Gasteiger partial charge in [-0.05, 0) is 42.3 Å². The Bertz CT molecular complexity index is 659. The van der Waals surface area contributed by atoms with Crippen molar-refractivity contribution >= 4 is 29.2 Å². The van der Waals surface area contributed by atoms with Gasteiger partial charge in [0.25, 0.3) is 0 Å². The number of carbonyl (C=O) groups excluding carboxylic acids is 1. The van der Waals surface area contributed by atoms with Crippen molar-refractivity contribution in [2.75, 3.05) is 5.32 Å². The second kappa shape index (κ2) is 6.85. The van der Waals surface area contributed by atoms with Crippen molar-refractivity contribution in [3.05, 3.63) is 58.9 Å². The number of aromatic carboxylic acids is 1. The van der Waals surface area contributed by atoms with Crippen molar-refractivity contribution in [2.24, 2.45) is 0 Å². The summed E-state index contributed by atoms with van der Waals surface area (Å²) in [6, 6.07) is 7.92. The molecule has 0 saturated carbocycles. The number of benzene rings is 1. The summed E-state index contributed by atoms with van der Waals surface area (Å²) < 4.78 is 0. The Morgan fingerprint density at radius 1 is 1.19 bits per heavy atom. The number of nitrogens with zero attached hydrogens (tertiary/aromatic N) is 1. The first-order valence-electron chi connectivity index (χ1n) is 6.28. The lowest BCUT2D eigenvalue weighted by Gasteiger charge is -2.09. The van der Waals surface area contributed by atoms with E-state index >= 15 is 0 Å². The summed E-state index contributed by atoms with van der Waals surface area (Å²) in [6.07, 6.45) is 4.12. The van der Waals surface area contributed by atoms with Gasteiger partial charge in [0.2, 0.25) is 5.91 Å². The van der Waals surface area contributed by atoms with E-state index in [0.29, 0.717) is 11.4 Å². The molecule has 0 bridgehead atoms. The molecule has 0 aliphatic carbocycles. The van der Waals surface area contributed by atoms with Crippen LogP contribution in [-0.2, 0) is 11.2 Å². The molecule has 0 unspecified atom stereocenters. The highest BCUT2D eigenvalue weighted by Gasteiger charge is 2.13. The van der Waals surface area contributed by atoms with E-state index in [-0.39, 0.29) is 23.6 Å². The first-order chi connectivity index (χ1) is 10.1. The number of anilines is 1. The average Bonchev–Trinajstić information content (AvgIpc) is 2.46. The largest absolute Gasteiger partial charge is 0.478 e. The number of hydrogen-bond donors (Lipinski definition) is 2. The lowest BCUT2D eigenvalue weighted by Crippen LogP contribution is -2.15. The van der Waals surface area contributed by atoms with Crippen LogP contribution in [0.15, 0.2) is 42.7 Å². The van der Waals surface area contributed by atoms with Crippen LogP contribution in [-0.4, -0.2) is 22.0 Å². The second-order valence-electron chi connectivity index (χ2n) is 4.40. The van der Waals surface area contributed by atoms with Gasteiger partial charge in [-0.2, -0.15) is 0 Å². The molecule has 1 aromatic carbocycles. The Hall–Kier alpha value is -2.40. The molecule has 6 heteroatoms. The highest BCUT2D eigenvalue weighted by molar-refractivity contribution is 6.31. The van der Waals surface area contributed by atoms with Gasteiger partial charge in [-0.3, -0.25) is 9.78 Å². The lowest BCUT2D eigenvalue weighted by molar-refractivity contribution is -0.116. The standard InChI is InChI=1S/C15H13ClN2O3/c16-11-2-3-12(15(20)21)13(9-11)18-14(19)4-1-10-5-7-17-8-6-10/h2-3,5-9H,1,4H2,(H,18,19)(H,20,21). The number of pyridine rings is 1. The number of aromatic nitrogens is 1. The highest BCUT2D eigenvalue weighted by atomic mass is 35.5. The third-order valence-electron chi connectivity index (χ3n) is 2.88. The molecule has 0 spiro atoms. The summed E-state index contributed by atoms with van der Waals surface area (Å²) in [5, 5.41) is 12.0. The number of hydrogen-bond acceptors (Lipinski definition) is 3. The van der Waals surface area contributed by atoms with E-state index in [2.05, 4.69) is 10.3 Å². The molecule has 1 amide bonds. The molecule has 0 atom stereocenters. The molecule has 5 nitrogen and oxygen atoms in total. The molecule has 0 aliphatic rings. The molecule has 0 saturated heterocycles. The zero-order valence-corrected chi connectivity index (χ0v) is 11.8. The average molecular weight is 305 g/mol. The van der Waals surface area contributed by atoms with Gasteiger partial charge in [0.15, 0.2) is 0 Å². The highest BCUT2D eigenvalue weighted by Crippen LogP contribution is 2.21. The molecule has 108 valence electrons. The van der Waals surface area contributed by atoms with E-state index in [0.717, 1.165) is 5.56 Å². The minimum absolute atomic E-state index is 0.0108. The van der Waals surface area contributed by atoms with Crippen LogP contribution in [0, 0.1) is 0 Å². The van der Waals surface area contributed by atoms with Gasteiger partial charge in [0, 0.05) is 23.8 Å². The van der Waals surface area contributed by atoms with Crippen LogP contribution < -0.4 is 5.32 Å². The van der Waals surface area contributed by atoms with Gasteiger partial charge in [-0.15, -0.1) is 0 Å². The lowest BCUT2D eigenvalue weighted by atomic mass is 10.1. The van der Waals surface area contributed by atoms with Crippen molar-refractivity contribution in [3.63, 3.8) is 0 Å². The maximum atomic E-state index is 11.9. The third-order valence-corrected chi connectivity index (χ3v) is 3.11. The van der Waals surface area contributed by atoms with Crippen LogP contribution in [0.5, 0.6) is 0 Å². The number of rotatable bonds is 5. The van der Waals surface area contributed by atoms with Crippen molar-refractivity contribution in [3.8, 4) is 0 Å². The molecular formula is C15H13ClN2O3. The van der Waals surface area contributed by atoms with Crippen molar-refractivity contribution in [2.45, 2.75) is 12.8 Å². The van der Waals surface area contributed by atoms with Crippen LogP contribution in [0.1, 0.15) is 22.3 Å². The van der Waals surface area contributed by atoms with Crippen LogP contribution >= 0.6 is 11.6 Å². The maximum absolute atomic E-state index is 11.9. The maximum Gasteiger partial charge on any atom is 0.337 e. The fourth-order valence-corrected chi connectivity index (χ4v) is 2.00. The number of carbonyl (C=O) groups is 2. The smallest absolute Gasteiger partial charge is 0.337 e. The molecule has 21 heavy (non-hydrogen) atoms. The van der Waals surface area contributed by atoms with Gasteiger partial charge in [-0.25, -0.2) is 4.79 Å². The van der Waals surface area contributed by atoms with Gasteiger partial charge >= 0.3 is 5.97 Å². The number of amides is 1. The number of aryl methyl sites for hydroxylation is 1. The number of carboxylic acids is 1. The Kier molecular flexibility index (Phi) is 4.90. The molecule has 0 radical (unpaired) electrons. The molecule has 1 heterocycles. The molecular weight excluding hydrogens is 292 g/mol. The Morgan fingerprint density at radius 2 is 1.90 bits per heavy atom. The Labute approximate surface area is 126 Å². The normalized spacial score (nSPS) is 10.1. The quantitative estimate of drug-likeness (QED) is 0.890. The Morgan fingerprint density at radius 3 is 2.57 bits per heavy atom. The first-order valence-corrected chi connectivity index (χ1v) is 6.65. The fourth-order valence-electron chi connectivity index (χ4n) is 1.83. The predicted molar refractivity (Wildman–Crippen MR) is 79.6 cm³/mol. The zero-order valence-electron chi connectivity index (χ0n) is 11.0. The predicted octanol–water partition coefficient (Wildman–Crippen LogP) is 3.00. The van der Waals surface area contributed by atoms with E-state index in [1.807, 2.05) is 12.1 Å². The molecule has 1 aromatic heterocycles. The number of carboxylic acid groups (broad SMARTS) is 1. The van der Waals surface area contributed by atoms with Crippen LogP contribution in [0.3, 0.4) is 0 Å². The van der Waals surface area contributed by atoms with Gasteiger partial charge in [-0.1, -0.05) is 11.6 Å². The van der Waals surface area contributed by atoms with Gasteiger partial charge in [0.1, 0.15) is 0 Å². The summed E-state index contributed by atoms with van der Waals surface area (Å²) in [6.45, 7) is 0. The summed E-state index contributed by atoms with van der Waals surface area (Å²) in [5.41, 5.74) is 1.20. The topological polar surface area (TPSA) is 79.3 Å². The van der Waals surface area contributed by atoms with E-state index < -0.39 is 5.97 Å². The van der Waals surface area contributed by atoms with Crippen molar-refractivity contribution < 1.29 is 14.7 Å². The minimum atomic E-state index is -1.11. The van der Waals surface area contributed by atoms with Crippen molar-refractivity contribution in [1.29, 1.82) is 0 Å². The van der Waals surface area contributed by atoms with E-state index in [1.165, 1.54) is 18.2 Å². The van der Waals surface area contributed by atoms with Crippen LogP contribution in [0.25, 0.3) is 0 Å². The molecule has 2 aromatic rings. The van der Waals surface area contributed by atoms with Crippen LogP contribution in [0.2, 0.25) is 5.02 Å². The monoisotopic (exact) mass is 304 g/mol. The summed E-state index contributed by atoms with van der Waals surface area (Å²) in [5.74, 6) is -1.38. The first kappa shape index (κ1) is 15.0. The van der Waals surface area contributed by atoms with E-state index in [1.54, 1.807) is 12.4 Å². The summed E-state index contributed by atoms with van der Waals surface area (Å²) in [4.78, 5) is 26.9.